The third-order valence-corrected chi connectivity index (χ3v) is 5.55. The van der Waals surface area contributed by atoms with Gasteiger partial charge in [0.2, 0.25) is 0 Å². The number of likely N-dealkylation sites (tertiary alicyclic amines) is 2. The summed E-state index contributed by atoms with van der Waals surface area (Å²) in [5.41, 5.74) is 1.31. The Balaban J connectivity index is 1.29. The standard InChI is InChI=1S/C22H26N2O4/c25-21(23-10-1-2-11-23)18-5-7-20(8-6-18)28-15-17-4-3-12-24(14-17)22(26)19-9-13-27-16-19/h5-9,13,16-17H,1-4,10-12,14-15H2/t17-/m1/s1. The number of carbonyl (C=O) groups excluding carboxylic acids is 2. The molecule has 148 valence electrons. The number of amides is 2. The highest BCUT2D eigenvalue weighted by molar-refractivity contribution is 5.94. The topological polar surface area (TPSA) is 63.0 Å². The highest BCUT2D eigenvalue weighted by Crippen LogP contribution is 2.22. The van der Waals surface area contributed by atoms with E-state index in [2.05, 4.69) is 0 Å². The molecule has 0 radical (unpaired) electrons. The molecular formula is C22H26N2O4. The molecule has 2 aliphatic rings. The Bertz CT molecular complexity index is 794. The zero-order valence-corrected chi connectivity index (χ0v) is 16.0. The van der Waals surface area contributed by atoms with Gasteiger partial charge in [-0.25, -0.2) is 0 Å². The van der Waals surface area contributed by atoms with Crippen molar-refractivity contribution >= 4 is 11.8 Å². The smallest absolute Gasteiger partial charge is 0.257 e. The number of benzene rings is 1. The summed E-state index contributed by atoms with van der Waals surface area (Å²) < 4.78 is 11.0. The summed E-state index contributed by atoms with van der Waals surface area (Å²) in [6.45, 7) is 3.73. The fraction of sp³-hybridized carbons (Fsp3) is 0.455. The van der Waals surface area contributed by atoms with Crippen molar-refractivity contribution in [2.45, 2.75) is 25.7 Å². The second-order valence-corrected chi connectivity index (χ2v) is 7.61. The number of carbonyl (C=O) groups is 2. The van der Waals surface area contributed by atoms with Gasteiger partial charge in [-0.05, 0) is 56.0 Å². The van der Waals surface area contributed by atoms with Crippen molar-refractivity contribution in [3.05, 3.63) is 54.0 Å². The van der Waals surface area contributed by atoms with Gasteiger partial charge in [0.15, 0.2) is 0 Å². The summed E-state index contributed by atoms with van der Waals surface area (Å²) in [4.78, 5) is 28.7. The van der Waals surface area contributed by atoms with Gasteiger partial charge < -0.3 is 19.0 Å². The van der Waals surface area contributed by atoms with E-state index in [0.717, 1.165) is 51.1 Å². The SMILES string of the molecule is O=C(c1ccc(OC[C@@H]2CCCN(C(=O)c3ccoc3)C2)cc1)N1CCCC1. The van der Waals surface area contributed by atoms with Crippen LogP contribution in [0.1, 0.15) is 46.4 Å². The van der Waals surface area contributed by atoms with Crippen LogP contribution in [0.25, 0.3) is 0 Å². The van der Waals surface area contributed by atoms with Crippen molar-refractivity contribution in [2.24, 2.45) is 5.92 Å². The molecule has 3 heterocycles. The molecule has 1 atom stereocenters. The number of hydrogen-bond donors (Lipinski definition) is 0. The number of rotatable bonds is 5. The molecule has 0 saturated carbocycles. The van der Waals surface area contributed by atoms with Gasteiger partial charge in [-0.3, -0.25) is 9.59 Å². The molecule has 0 aliphatic carbocycles. The van der Waals surface area contributed by atoms with E-state index < -0.39 is 0 Å². The van der Waals surface area contributed by atoms with Crippen molar-refractivity contribution in [3.8, 4) is 5.75 Å². The van der Waals surface area contributed by atoms with E-state index in [9.17, 15) is 9.59 Å². The molecule has 2 amide bonds. The van der Waals surface area contributed by atoms with Crippen molar-refractivity contribution < 1.29 is 18.7 Å². The summed E-state index contributed by atoms with van der Waals surface area (Å²) >= 11 is 0. The van der Waals surface area contributed by atoms with Gasteiger partial charge in [0, 0.05) is 37.7 Å². The molecule has 0 bridgehead atoms. The first kappa shape index (κ1) is 18.6. The van der Waals surface area contributed by atoms with Gasteiger partial charge in [-0.1, -0.05) is 0 Å². The quantitative estimate of drug-likeness (QED) is 0.795. The van der Waals surface area contributed by atoms with E-state index in [1.54, 1.807) is 6.07 Å². The summed E-state index contributed by atoms with van der Waals surface area (Å²) in [5.74, 6) is 1.18. The van der Waals surface area contributed by atoms with Crippen LogP contribution in [0.3, 0.4) is 0 Å². The molecule has 2 aliphatic heterocycles. The maximum absolute atomic E-state index is 12.5. The molecule has 2 aromatic rings. The normalized spacial score (nSPS) is 19.6. The molecule has 0 N–H and O–H groups in total. The van der Waals surface area contributed by atoms with Gasteiger partial charge in [-0.15, -0.1) is 0 Å². The second kappa shape index (κ2) is 8.50. The van der Waals surface area contributed by atoms with Gasteiger partial charge in [0.05, 0.1) is 18.4 Å². The van der Waals surface area contributed by atoms with Crippen LogP contribution in [0.2, 0.25) is 0 Å². The molecule has 1 aromatic carbocycles. The van der Waals surface area contributed by atoms with Crippen molar-refractivity contribution in [2.75, 3.05) is 32.8 Å². The van der Waals surface area contributed by atoms with Crippen molar-refractivity contribution in [3.63, 3.8) is 0 Å². The average molecular weight is 382 g/mol. The zero-order chi connectivity index (χ0) is 19.3. The largest absolute Gasteiger partial charge is 0.493 e. The number of furan rings is 1. The highest BCUT2D eigenvalue weighted by Gasteiger charge is 2.25. The number of nitrogens with zero attached hydrogens (tertiary/aromatic N) is 2. The maximum atomic E-state index is 12.5. The van der Waals surface area contributed by atoms with Crippen LogP contribution in [0, 0.1) is 5.92 Å². The fourth-order valence-corrected chi connectivity index (χ4v) is 3.96. The number of piperidine rings is 1. The molecule has 4 rings (SSSR count). The van der Waals surface area contributed by atoms with E-state index in [4.69, 9.17) is 9.15 Å². The third-order valence-electron chi connectivity index (χ3n) is 5.55. The lowest BCUT2D eigenvalue weighted by molar-refractivity contribution is 0.0632. The van der Waals surface area contributed by atoms with Crippen LogP contribution < -0.4 is 4.74 Å². The maximum Gasteiger partial charge on any atom is 0.257 e. The minimum Gasteiger partial charge on any atom is -0.493 e. The number of ether oxygens (including phenoxy) is 1. The van der Waals surface area contributed by atoms with Gasteiger partial charge in [0.1, 0.15) is 12.0 Å². The second-order valence-electron chi connectivity index (χ2n) is 7.61. The minimum absolute atomic E-state index is 0.0169. The molecule has 28 heavy (non-hydrogen) atoms. The predicted molar refractivity (Wildman–Crippen MR) is 104 cm³/mol. The van der Waals surface area contributed by atoms with E-state index in [-0.39, 0.29) is 11.8 Å². The van der Waals surface area contributed by atoms with Crippen LogP contribution in [0.4, 0.5) is 0 Å². The fourth-order valence-electron chi connectivity index (χ4n) is 3.96. The Kier molecular flexibility index (Phi) is 5.65. The van der Waals surface area contributed by atoms with Gasteiger partial charge in [0.25, 0.3) is 11.8 Å². The monoisotopic (exact) mass is 382 g/mol. The Hall–Kier alpha value is -2.76. The molecule has 0 unspecified atom stereocenters. The predicted octanol–water partition coefficient (Wildman–Crippen LogP) is 3.45. The van der Waals surface area contributed by atoms with E-state index >= 15 is 0 Å². The van der Waals surface area contributed by atoms with E-state index in [0.29, 0.717) is 30.2 Å². The molecule has 6 nitrogen and oxygen atoms in total. The van der Waals surface area contributed by atoms with Crippen LogP contribution in [0.5, 0.6) is 5.75 Å². The van der Waals surface area contributed by atoms with Gasteiger partial charge >= 0.3 is 0 Å². The molecule has 2 fully saturated rings. The molecule has 1 aromatic heterocycles. The lowest BCUT2D eigenvalue weighted by Gasteiger charge is -2.32. The van der Waals surface area contributed by atoms with Crippen molar-refractivity contribution in [1.82, 2.24) is 9.80 Å². The first-order valence-corrected chi connectivity index (χ1v) is 10.0. The molecule has 2 saturated heterocycles. The Labute approximate surface area is 165 Å². The van der Waals surface area contributed by atoms with Gasteiger partial charge in [-0.2, -0.15) is 0 Å². The first-order valence-electron chi connectivity index (χ1n) is 10.0. The molecular weight excluding hydrogens is 356 g/mol. The summed E-state index contributed by atoms with van der Waals surface area (Å²) in [5, 5.41) is 0. The lowest BCUT2D eigenvalue weighted by Crippen LogP contribution is -2.41. The number of hydrogen-bond acceptors (Lipinski definition) is 4. The summed E-state index contributed by atoms with van der Waals surface area (Å²) in [6, 6.07) is 9.10. The lowest BCUT2D eigenvalue weighted by atomic mass is 9.98. The molecule has 0 spiro atoms. The minimum atomic E-state index is 0.0169. The third kappa shape index (κ3) is 4.21. The van der Waals surface area contributed by atoms with Crippen LogP contribution in [-0.4, -0.2) is 54.4 Å². The van der Waals surface area contributed by atoms with Crippen LogP contribution >= 0.6 is 0 Å². The van der Waals surface area contributed by atoms with Crippen LogP contribution in [-0.2, 0) is 0 Å². The summed E-state index contributed by atoms with van der Waals surface area (Å²) in [6.07, 6.45) is 7.22. The molecule has 6 heteroatoms. The average Bonchev–Trinajstić information content (AvgIpc) is 3.46. The Morgan fingerprint density at radius 1 is 0.929 bits per heavy atom. The zero-order valence-electron chi connectivity index (χ0n) is 16.0. The van der Waals surface area contributed by atoms with E-state index in [1.165, 1.54) is 12.5 Å². The Morgan fingerprint density at radius 2 is 1.64 bits per heavy atom. The Morgan fingerprint density at radius 3 is 2.36 bits per heavy atom. The highest BCUT2D eigenvalue weighted by atomic mass is 16.5. The van der Waals surface area contributed by atoms with Crippen LogP contribution in [0.15, 0.2) is 47.3 Å². The van der Waals surface area contributed by atoms with E-state index in [1.807, 2.05) is 34.1 Å². The first-order chi connectivity index (χ1) is 13.7. The van der Waals surface area contributed by atoms with Crippen molar-refractivity contribution in [1.29, 1.82) is 0 Å². The summed E-state index contributed by atoms with van der Waals surface area (Å²) in [7, 11) is 0.